The van der Waals surface area contributed by atoms with Gasteiger partial charge in [0.2, 0.25) is 0 Å². The number of hydrogen-bond donors (Lipinski definition) is 2. The summed E-state index contributed by atoms with van der Waals surface area (Å²) in [5, 5.41) is 7.42. The van der Waals surface area contributed by atoms with Gasteiger partial charge in [-0.3, -0.25) is 9.48 Å². The molecule has 0 aliphatic rings. The largest absolute Gasteiger partial charge is 0.398 e. The van der Waals surface area contributed by atoms with Crippen LogP contribution in [0.25, 0.3) is 0 Å². The average molecular weight is 279 g/mol. The Morgan fingerprint density at radius 2 is 2.11 bits per heavy atom. The summed E-state index contributed by atoms with van der Waals surface area (Å²) < 4.78 is 1.68. The third kappa shape index (κ3) is 2.56. The topological polar surface area (TPSA) is 72.9 Å². The number of anilines is 2. The molecular weight excluding hydrogens is 264 g/mol. The van der Waals surface area contributed by atoms with E-state index in [9.17, 15) is 4.79 Å². The number of halogens is 1. The van der Waals surface area contributed by atoms with Gasteiger partial charge in [-0.15, -0.1) is 0 Å². The Hall–Kier alpha value is -2.01. The molecule has 0 saturated heterocycles. The van der Waals surface area contributed by atoms with Crippen molar-refractivity contribution in [1.29, 1.82) is 0 Å². The fraction of sp³-hybridized carbons (Fsp3) is 0.231. The van der Waals surface area contributed by atoms with Crippen LogP contribution in [-0.4, -0.2) is 15.7 Å². The van der Waals surface area contributed by atoms with Gasteiger partial charge < -0.3 is 11.1 Å². The summed E-state index contributed by atoms with van der Waals surface area (Å²) in [5.74, 6) is -0.205. The van der Waals surface area contributed by atoms with Crippen LogP contribution in [-0.2, 0) is 7.05 Å². The molecule has 0 saturated carbocycles. The molecule has 0 spiro atoms. The predicted octanol–water partition coefficient (Wildman–Crippen LogP) is 2.52. The van der Waals surface area contributed by atoms with Gasteiger partial charge in [-0.2, -0.15) is 5.10 Å². The van der Waals surface area contributed by atoms with Crippen molar-refractivity contribution < 1.29 is 4.79 Å². The Balaban J connectivity index is 2.28. The number of carbonyl (C=O) groups is 1. The van der Waals surface area contributed by atoms with Gasteiger partial charge in [-0.05, 0) is 32.0 Å². The number of aryl methyl sites for hydroxylation is 2. The number of hydrogen-bond acceptors (Lipinski definition) is 3. The lowest BCUT2D eigenvalue weighted by Crippen LogP contribution is -2.14. The smallest absolute Gasteiger partial charge is 0.259 e. The van der Waals surface area contributed by atoms with Crippen LogP contribution in [0, 0.1) is 13.8 Å². The van der Waals surface area contributed by atoms with E-state index in [1.54, 1.807) is 36.9 Å². The lowest BCUT2D eigenvalue weighted by molar-refractivity contribution is 0.102. The first kappa shape index (κ1) is 13.4. The van der Waals surface area contributed by atoms with Crippen molar-refractivity contribution in [3.63, 3.8) is 0 Å². The zero-order chi connectivity index (χ0) is 14.2. The summed E-state index contributed by atoms with van der Waals surface area (Å²) >= 11 is 5.92. The number of benzene rings is 1. The number of nitrogens with one attached hydrogen (secondary N) is 1. The van der Waals surface area contributed by atoms with E-state index in [4.69, 9.17) is 17.3 Å². The summed E-state index contributed by atoms with van der Waals surface area (Å²) in [5.41, 5.74) is 8.80. The van der Waals surface area contributed by atoms with Crippen LogP contribution in [0.1, 0.15) is 21.7 Å². The van der Waals surface area contributed by atoms with Gasteiger partial charge in [0.25, 0.3) is 5.91 Å². The number of rotatable bonds is 2. The molecule has 0 bridgehead atoms. The number of aromatic nitrogens is 2. The van der Waals surface area contributed by atoms with Gasteiger partial charge in [0, 0.05) is 18.4 Å². The van der Waals surface area contributed by atoms with Crippen molar-refractivity contribution in [2.24, 2.45) is 7.05 Å². The monoisotopic (exact) mass is 278 g/mol. The molecule has 100 valence electrons. The Kier molecular flexibility index (Phi) is 3.48. The summed E-state index contributed by atoms with van der Waals surface area (Å²) in [4.78, 5) is 12.2. The van der Waals surface area contributed by atoms with Gasteiger partial charge in [0.05, 0.1) is 22.0 Å². The first-order valence-corrected chi connectivity index (χ1v) is 6.14. The third-order valence-electron chi connectivity index (χ3n) is 2.99. The molecule has 19 heavy (non-hydrogen) atoms. The minimum absolute atomic E-state index is 0.205. The molecular formula is C13H15ClN4O. The summed E-state index contributed by atoms with van der Waals surface area (Å²) in [6.45, 7) is 3.66. The number of amides is 1. The molecule has 0 unspecified atom stereocenters. The van der Waals surface area contributed by atoms with E-state index in [1.807, 2.05) is 6.92 Å². The van der Waals surface area contributed by atoms with E-state index in [0.29, 0.717) is 27.7 Å². The first-order chi connectivity index (χ1) is 8.90. The number of carbonyl (C=O) groups excluding carboxylic acids is 1. The normalized spacial score (nSPS) is 10.5. The SMILES string of the molecule is Cc1nn(C)c(C)c1C(=O)Nc1ccc(N)c(Cl)c1. The second-order valence-electron chi connectivity index (χ2n) is 4.36. The number of nitrogen functional groups attached to an aromatic ring is 1. The van der Waals surface area contributed by atoms with Crippen LogP contribution < -0.4 is 11.1 Å². The van der Waals surface area contributed by atoms with E-state index < -0.39 is 0 Å². The van der Waals surface area contributed by atoms with E-state index in [0.717, 1.165) is 5.69 Å². The van der Waals surface area contributed by atoms with Crippen LogP contribution in [0.5, 0.6) is 0 Å². The van der Waals surface area contributed by atoms with Crippen molar-refractivity contribution in [3.8, 4) is 0 Å². The highest BCUT2D eigenvalue weighted by Gasteiger charge is 2.17. The molecule has 0 aliphatic carbocycles. The maximum absolute atomic E-state index is 12.2. The Morgan fingerprint density at radius 3 is 2.63 bits per heavy atom. The molecule has 0 aliphatic heterocycles. The Labute approximate surface area is 116 Å². The zero-order valence-electron chi connectivity index (χ0n) is 11.0. The van der Waals surface area contributed by atoms with Crippen molar-refractivity contribution in [1.82, 2.24) is 9.78 Å². The standard InChI is InChI=1S/C13H15ClN4O/c1-7-12(8(2)18(3)17-7)13(19)16-9-4-5-11(15)10(14)6-9/h4-6H,15H2,1-3H3,(H,16,19). The second-order valence-corrected chi connectivity index (χ2v) is 4.77. The molecule has 0 fully saturated rings. The molecule has 1 amide bonds. The van der Waals surface area contributed by atoms with Crippen molar-refractivity contribution in [3.05, 3.63) is 40.2 Å². The molecule has 2 rings (SSSR count). The first-order valence-electron chi connectivity index (χ1n) is 5.76. The summed E-state index contributed by atoms with van der Waals surface area (Å²) in [6, 6.07) is 4.98. The fourth-order valence-electron chi connectivity index (χ4n) is 1.90. The van der Waals surface area contributed by atoms with Crippen LogP contribution in [0.2, 0.25) is 5.02 Å². The average Bonchev–Trinajstić information content (AvgIpc) is 2.58. The molecule has 1 aromatic heterocycles. The number of nitrogens with two attached hydrogens (primary N) is 1. The zero-order valence-corrected chi connectivity index (χ0v) is 11.7. The third-order valence-corrected chi connectivity index (χ3v) is 3.32. The van der Waals surface area contributed by atoms with Gasteiger partial charge in [0.1, 0.15) is 0 Å². The molecule has 1 heterocycles. The molecule has 0 radical (unpaired) electrons. The Morgan fingerprint density at radius 1 is 1.42 bits per heavy atom. The van der Waals surface area contributed by atoms with Crippen LogP contribution >= 0.6 is 11.6 Å². The molecule has 0 atom stereocenters. The fourth-order valence-corrected chi connectivity index (χ4v) is 2.08. The summed E-state index contributed by atoms with van der Waals surface area (Å²) in [6.07, 6.45) is 0. The van der Waals surface area contributed by atoms with E-state index in [2.05, 4.69) is 10.4 Å². The van der Waals surface area contributed by atoms with E-state index in [-0.39, 0.29) is 5.91 Å². The van der Waals surface area contributed by atoms with Gasteiger partial charge in [0.15, 0.2) is 0 Å². The van der Waals surface area contributed by atoms with E-state index >= 15 is 0 Å². The van der Waals surface area contributed by atoms with E-state index in [1.165, 1.54) is 0 Å². The number of nitrogens with zero attached hydrogens (tertiary/aromatic N) is 2. The molecule has 1 aromatic carbocycles. The van der Waals surface area contributed by atoms with Gasteiger partial charge in [-0.25, -0.2) is 0 Å². The lowest BCUT2D eigenvalue weighted by Gasteiger charge is -2.07. The van der Waals surface area contributed by atoms with Gasteiger partial charge >= 0.3 is 0 Å². The van der Waals surface area contributed by atoms with Crippen molar-refractivity contribution >= 4 is 28.9 Å². The quantitative estimate of drug-likeness (QED) is 0.829. The highest BCUT2D eigenvalue weighted by Crippen LogP contribution is 2.23. The van der Waals surface area contributed by atoms with Gasteiger partial charge in [-0.1, -0.05) is 11.6 Å². The minimum Gasteiger partial charge on any atom is -0.398 e. The highest BCUT2D eigenvalue weighted by molar-refractivity contribution is 6.33. The Bertz CT molecular complexity index is 648. The second kappa shape index (κ2) is 4.93. The lowest BCUT2D eigenvalue weighted by atomic mass is 10.2. The van der Waals surface area contributed by atoms with Crippen molar-refractivity contribution in [2.45, 2.75) is 13.8 Å². The maximum Gasteiger partial charge on any atom is 0.259 e. The maximum atomic E-state index is 12.2. The predicted molar refractivity (Wildman–Crippen MR) is 76.5 cm³/mol. The molecule has 2 aromatic rings. The minimum atomic E-state index is -0.205. The van der Waals surface area contributed by atoms with Crippen LogP contribution in [0.3, 0.4) is 0 Å². The highest BCUT2D eigenvalue weighted by atomic mass is 35.5. The molecule has 6 heteroatoms. The van der Waals surface area contributed by atoms with Crippen LogP contribution in [0.4, 0.5) is 11.4 Å². The molecule has 3 N–H and O–H groups in total. The molecule has 5 nitrogen and oxygen atoms in total. The summed E-state index contributed by atoms with van der Waals surface area (Å²) in [7, 11) is 1.80. The van der Waals surface area contributed by atoms with Crippen LogP contribution in [0.15, 0.2) is 18.2 Å². The van der Waals surface area contributed by atoms with Crippen molar-refractivity contribution in [2.75, 3.05) is 11.1 Å².